The molecule has 1 aliphatic rings. The predicted molar refractivity (Wildman–Crippen MR) is 102 cm³/mol. The van der Waals surface area contributed by atoms with E-state index in [-0.39, 0.29) is 5.91 Å². The lowest BCUT2D eigenvalue weighted by atomic mass is 10.2. The summed E-state index contributed by atoms with van der Waals surface area (Å²) in [6.45, 7) is 4.09. The molecule has 1 aromatic heterocycles. The summed E-state index contributed by atoms with van der Waals surface area (Å²) in [6.07, 6.45) is 0.939. The van der Waals surface area contributed by atoms with Crippen LogP contribution in [0.2, 0.25) is 13.7 Å². The van der Waals surface area contributed by atoms with Crippen molar-refractivity contribution in [2.45, 2.75) is 13.0 Å². The van der Waals surface area contributed by atoms with Crippen LogP contribution in [0.15, 0.2) is 30.3 Å². The van der Waals surface area contributed by atoms with Gasteiger partial charge in [-0.05, 0) is 30.2 Å². The lowest BCUT2D eigenvalue weighted by Crippen LogP contribution is -2.35. The van der Waals surface area contributed by atoms with Crippen molar-refractivity contribution in [3.63, 3.8) is 0 Å². The Morgan fingerprint density at radius 3 is 2.46 bits per heavy atom. The topological polar surface area (TPSA) is 23.6 Å². The third kappa shape index (κ3) is 4.44. The molecular formula is C17H17Cl3N2OS. The summed E-state index contributed by atoms with van der Waals surface area (Å²) in [7, 11) is 0. The maximum atomic E-state index is 12.6. The first-order chi connectivity index (χ1) is 11.5. The Balaban J connectivity index is 1.61. The lowest BCUT2D eigenvalue weighted by Gasteiger charge is -2.22. The number of hydrogen-bond acceptors (Lipinski definition) is 3. The van der Waals surface area contributed by atoms with Crippen molar-refractivity contribution in [2.75, 3.05) is 26.2 Å². The Hall–Kier alpha value is -0.780. The van der Waals surface area contributed by atoms with Crippen molar-refractivity contribution < 1.29 is 4.79 Å². The lowest BCUT2D eigenvalue weighted by molar-refractivity contribution is 0.0762. The molecule has 24 heavy (non-hydrogen) atoms. The van der Waals surface area contributed by atoms with E-state index in [2.05, 4.69) is 4.90 Å². The summed E-state index contributed by atoms with van der Waals surface area (Å²) < 4.78 is 1.01. The minimum absolute atomic E-state index is 0.0310. The summed E-state index contributed by atoms with van der Waals surface area (Å²) >= 11 is 19.2. The first-order valence-electron chi connectivity index (χ1n) is 7.74. The highest BCUT2D eigenvalue weighted by molar-refractivity contribution is 7.20. The summed E-state index contributed by atoms with van der Waals surface area (Å²) in [4.78, 5) is 16.9. The molecule has 1 saturated heterocycles. The molecule has 128 valence electrons. The smallest absolute Gasteiger partial charge is 0.256 e. The zero-order valence-corrected chi connectivity index (χ0v) is 16.1. The van der Waals surface area contributed by atoms with Crippen LogP contribution in [0, 0.1) is 0 Å². The Bertz CT molecular complexity index is 717. The summed E-state index contributed by atoms with van der Waals surface area (Å²) in [5, 5.41) is 0.748. The van der Waals surface area contributed by atoms with Crippen molar-refractivity contribution in [3.8, 4) is 0 Å². The summed E-state index contributed by atoms with van der Waals surface area (Å²) in [6, 6.07) is 9.57. The zero-order valence-electron chi connectivity index (χ0n) is 13.0. The fourth-order valence-electron chi connectivity index (χ4n) is 2.84. The number of benzene rings is 1. The van der Waals surface area contributed by atoms with Crippen LogP contribution in [0.1, 0.15) is 22.3 Å². The Kier molecular flexibility index (Phi) is 6.06. The van der Waals surface area contributed by atoms with E-state index in [0.717, 1.165) is 37.6 Å². The molecule has 0 atom stereocenters. The molecule has 1 aromatic carbocycles. The van der Waals surface area contributed by atoms with E-state index in [1.54, 1.807) is 6.07 Å². The van der Waals surface area contributed by atoms with Gasteiger partial charge in [0.05, 0.1) is 9.90 Å². The van der Waals surface area contributed by atoms with Crippen LogP contribution < -0.4 is 0 Å². The molecule has 2 heterocycles. The van der Waals surface area contributed by atoms with E-state index in [1.807, 2.05) is 29.2 Å². The van der Waals surface area contributed by atoms with Crippen LogP contribution in [0.3, 0.4) is 0 Å². The number of rotatable bonds is 3. The maximum Gasteiger partial charge on any atom is 0.256 e. The van der Waals surface area contributed by atoms with Gasteiger partial charge in [0.2, 0.25) is 0 Å². The van der Waals surface area contributed by atoms with Crippen molar-refractivity contribution in [1.29, 1.82) is 0 Å². The zero-order chi connectivity index (χ0) is 17.1. The fraction of sp³-hybridized carbons (Fsp3) is 0.353. The van der Waals surface area contributed by atoms with Crippen molar-refractivity contribution in [3.05, 3.63) is 55.2 Å². The average Bonchev–Trinajstić information content (AvgIpc) is 2.75. The Morgan fingerprint density at radius 2 is 1.79 bits per heavy atom. The van der Waals surface area contributed by atoms with E-state index in [9.17, 15) is 4.79 Å². The number of carbonyl (C=O) groups is 1. The van der Waals surface area contributed by atoms with Crippen molar-refractivity contribution >= 4 is 52.0 Å². The molecule has 0 radical (unpaired) electrons. The van der Waals surface area contributed by atoms with E-state index in [4.69, 9.17) is 34.8 Å². The maximum absolute atomic E-state index is 12.6. The van der Waals surface area contributed by atoms with Gasteiger partial charge >= 0.3 is 0 Å². The molecule has 3 nitrogen and oxygen atoms in total. The van der Waals surface area contributed by atoms with Crippen LogP contribution in [0.4, 0.5) is 0 Å². The number of amides is 1. The van der Waals surface area contributed by atoms with Crippen LogP contribution in [-0.2, 0) is 6.54 Å². The van der Waals surface area contributed by atoms with Gasteiger partial charge in [0.25, 0.3) is 5.91 Å². The quantitative estimate of drug-likeness (QED) is 0.715. The van der Waals surface area contributed by atoms with E-state index in [1.165, 1.54) is 16.9 Å². The van der Waals surface area contributed by atoms with Gasteiger partial charge in [-0.25, -0.2) is 0 Å². The third-order valence-corrected chi connectivity index (χ3v) is 5.82. The highest BCUT2D eigenvalue weighted by Gasteiger charge is 2.23. The van der Waals surface area contributed by atoms with Gasteiger partial charge in [0.15, 0.2) is 0 Å². The molecule has 0 unspecified atom stereocenters. The largest absolute Gasteiger partial charge is 0.337 e. The molecular weight excluding hydrogens is 387 g/mol. The average molecular weight is 404 g/mol. The Morgan fingerprint density at radius 1 is 1.04 bits per heavy atom. The van der Waals surface area contributed by atoms with Crippen LogP contribution in [0.25, 0.3) is 0 Å². The SMILES string of the molecule is O=C(c1cc(Cl)sc1Cl)N1CCCN(Cc2ccc(Cl)cc2)CC1. The second kappa shape index (κ2) is 8.07. The highest BCUT2D eigenvalue weighted by atomic mass is 35.5. The second-order valence-corrected chi connectivity index (χ2v) is 8.51. The summed E-state index contributed by atoms with van der Waals surface area (Å²) in [5.74, 6) is -0.0310. The molecule has 1 amide bonds. The van der Waals surface area contributed by atoms with Gasteiger partial charge in [-0.15, -0.1) is 11.3 Å². The van der Waals surface area contributed by atoms with Crippen LogP contribution in [-0.4, -0.2) is 41.9 Å². The molecule has 1 fully saturated rings. The Labute approximate surface area is 160 Å². The molecule has 0 aliphatic carbocycles. The molecule has 0 bridgehead atoms. The number of carbonyl (C=O) groups excluding carboxylic acids is 1. The van der Waals surface area contributed by atoms with Gasteiger partial charge in [-0.1, -0.05) is 46.9 Å². The molecule has 7 heteroatoms. The second-order valence-electron chi connectivity index (χ2n) is 5.79. The molecule has 0 saturated carbocycles. The van der Waals surface area contributed by atoms with Crippen molar-refractivity contribution in [1.82, 2.24) is 9.80 Å². The molecule has 0 spiro atoms. The standard InChI is InChI=1S/C17H17Cl3N2OS/c18-13-4-2-12(3-5-13)11-21-6-1-7-22(9-8-21)17(23)14-10-15(19)24-16(14)20/h2-5,10H,1,6-9,11H2. The summed E-state index contributed by atoms with van der Waals surface area (Å²) in [5.41, 5.74) is 1.74. The highest BCUT2D eigenvalue weighted by Crippen LogP contribution is 2.32. The molecule has 0 N–H and O–H groups in total. The number of halogens is 3. The monoisotopic (exact) mass is 402 g/mol. The normalized spacial score (nSPS) is 16.2. The van der Waals surface area contributed by atoms with Gasteiger partial charge in [-0.3, -0.25) is 9.69 Å². The molecule has 2 aromatic rings. The van der Waals surface area contributed by atoms with Gasteiger partial charge in [-0.2, -0.15) is 0 Å². The van der Waals surface area contributed by atoms with Crippen LogP contribution in [0.5, 0.6) is 0 Å². The van der Waals surface area contributed by atoms with E-state index < -0.39 is 0 Å². The first-order valence-corrected chi connectivity index (χ1v) is 9.69. The van der Waals surface area contributed by atoms with Gasteiger partial charge in [0, 0.05) is 37.7 Å². The third-order valence-electron chi connectivity index (χ3n) is 4.08. The van der Waals surface area contributed by atoms with E-state index in [0.29, 0.717) is 20.8 Å². The minimum atomic E-state index is -0.0310. The minimum Gasteiger partial charge on any atom is -0.337 e. The number of hydrogen-bond donors (Lipinski definition) is 0. The van der Waals surface area contributed by atoms with Gasteiger partial charge < -0.3 is 4.90 Å². The van der Waals surface area contributed by atoms with E-state index >= 15 is 0 Å². The van der Waals surface area contributed by atoms with Gasteiger partial charge in [0.1, 0.15) is 4.34 Å². The predicted octanol–water partition coefficient (Wildman–Crippen LogP) is 5.06. The molecule has 3 rings (SSSR count). The van der Waals surface area contributed by atoms with Crippen molar-refractivity contribution in [2.24, 2.45) is 0 Å². The number of nitrogens with zero attached hydrogens (tertiary/aromatic N) is 2. The van der Waals surface area contributed by atoms with Crippen LogP contribution >= 0.6 is 46.1 Å². The number of thiophene rings is 1. The first kappa shape index (κ1) is 18.0. The molecule has 1 aliphatic heterocycles. The fourth-order valence-corrected chi connectivity index (χ4v) is 4.41.